The maximum atomic E-state index is 13.3. The van der Waals surface area contributed by atoms with Crippen molar-refractivity contribution in [1.29, 1.82) is 0 Å². The molecule has 0 aliphatic rings. The number of amides is 3. The number of nitrogens with one attached hydrogen (secondary N) is 3. The van der Waals surface area contributed by atoms with Crippen molar-refractivity contribution < 1.29 is 24.3 Å². The first kappa shape index (κ1) is 32.0. The fraction of sp³-hybridized carbons (Fsp3) is 0.630. The van der Waals surface area contributed by atoms with Gasteiger partial charge in [0.15, 0.2) is 0 Å². The molecule has 1 aromatic rings. The van der Waals surface area contributed by atoms with E-state index in [1.54, 1.807) is 0 Å². The van der Waals surface area contributed by atoms with Gasteiger partial charge < -0.3 is 32.5 Å². The first-order valence-electron chi connectivity index (χ1n) is 13.1. The zero-order valence-electron chi connectivity index (χ0n) is 22.5. The van der Waals surface area contributed by atoms with Crippen molar-refractivity contribution in [2.75, 3.05) is 6.54 Å². The van der Waals surface area contributed by atoms with Crippen molar-refractivity contribution in [1.82, 2.24) is 16.0 Å². The molecule has 1 rings (SSSR count). The molecule has 0 aliphatic carbocycles. The maximum absolute atomic E-state index is 13.3. The van der Waals surface area contributed by atoms with E-state index in [-0.39, 0.29) is 24.7 Å². The van der Waals surface area contributed by atoms with Crippen LogP contribution in [0.15, 0.2) is 30.3 Å². The summed E-state index contributed by atoms with van der Waals surface area (Å²) in [4.78, 5) is 50.9. The molecule has 0 heterocycles. The van der Waals surface area contributed by atoms with Crippen LogP contribution < -0.4 is 27.4 Å². The fourth-order valence-electron chi connectivity index (χ4n) is 3.95. The summed E-state index contributed by atoms with van der Waals surface area (Å²) in [5, 5.41) is 17.6. The molecule has 37 heavy (non-hydrogen) atoms. The van der Waals surface area contributed by atoms with Gasteiger partial charge >= 0.3 is 5.97 Å². The Labute approximate surface area is 220 Å². The molecular formula is C27H45N5O5. The Balaban J connectivity index is 3.08. The number of carboxylic acids is 1. The molecule has 10 nitrogen and oxygen atoms in total. The molecule has 4 atom stereocenters. The normalized spacial score (nSPS) is 14.5. The lowest BCUT2D eigenvalue weighted by atomic mass is 9.99. The quantitative estimate of drug-likeness (QED) is 0.168. The van der Waals surface area contributed by atoms with Gasteiger partial charge in [-0.3, -0.25) is 14.4 Å². The van der Waals surface area contributed by atoms with Crippen LogP contribution in [0, 0.1) is 11.8 Å². The van der Waals surface area contributed by atoms with Crippen LogP contribution in [0.2, 0.25) is 0 Å². The minimum atomic E-state index is -1.15. The number of nitrogens with two attached hydrogens (primary N) is 2. The number of hydrogen-bond donors (Lipinski definition) is 6. The molecule has 0 aromatic heterocycles. The molecule has 0 fully saturated rings. The van der Waals surface area contributed by atoms with E-state index in [0.29, 0.717) is 32.2 Å². The second-order valence-corrected chi connectivity index (χ2v) is 10.4. The lowest BCUT2D eigenvalue weighted by Crippen LogP contribution is -2.58. The Morgan fingerprint density at radius 2 is 1.32 bits per heavy atom. The number of rotatable bonds is 17. The third kappa shape index (κ3) is 12.7. The van der Waals surface area contributed by atoms with Crippen molar-refractivity contribution in [3.05, 3.63) is 35.9 Å². The monoisotopic (exact) mass is 519 g/mol. The highest BCUT2D eigenvalue weighted by molar-refractivity contribution is 5.94. The summed E-state index contributed by atoms with van der Waals surface area (Å²) in [6.07, 6.45) is 2.39. The molecule has 1 aromatic carbocycles. The van der Waals surface area contributed by atoms with Crippen molar-refractivity contribution in [3.8, 4) is 0 Å². The van der Waals surface area contributed by atoms with Gasteiger partial charge in [-0.05, 0) is 56.0 Å². The van der Waals surface area contributed by atoms with E-state index in [4.69, 9.17) is 11.5 Å². The molecule has 0 radical (unpaired) electrons. The van der Waals surface area contributed by atoms with E-state index < -0.39 is 47.9 Å². The molecule has 3 amide bonds. The Bertz CT molecular complexity index is 862. The third-order valence-electron chi connectivity index (χ3n) is 5.88. The Hall–Kier alpha value is -2.98. The number of unbranched alkanes of at least 4 members (excludes halogenated alkanes) is 1. The second kappa shape index (κ2) is 16.7. The number of hydrogen-bond acceptors (Lipinski definition) is 6. The zero-order valence-corrected chi connectivity index (χ0v) is 22.5. The smallest absolute Gasteiger partial charge is 0.326 e. The van der Waals surface area contributed by atoms with Gasteiger partial charge in [0.05, 0.1) is 6.04 Å². The van der Waals surface area contributed by atoms with Gasteiger partial charge in [0.1, 0.15) is 18.1 Å². The van der Waals surface area contributed by atoms with E-state index in [1.807, 2.05) is 58.0 Å². The minimum Gasteiger partial charge on any atom is -0.480 e. The lowest BCUT2D eigenvalue weighted by Gasteiger charge is -2.26. The molecular weight excluding hydrogens is 474 g/mol. The van der Waals surface area contributed by atoms with Gasteiger partial charge in [-0.25, -0.2) is 4.79 Å². The second-order valence-electron chi connectivity index (χ2n) is 10.4. The Morgan fingerprint density at radius 3 is 1.86 bits per heavy atom. The average molecular weight is 520 g/mol. The summed E-state index contributed by atoms with van der Waals surface area (Å²) < 4.78 is 0. The van der Waals surface area contributed by atoms with E-state index in [9.17, 15) is 24.3 Å². The molecule has 0 spiro atoms. The van der Waals surface area contributed by atoms with Crippen molar-refractivity contribution >= 4 is 23.7 Å². The predicted octanol–water partition coefficient (Wildman–Crippen LogP) is 1.32. The van der Waals surface area contributed by atoms with Crippen LogP contribution in [-0.4, -0.2) is 59.5 Å². The van der Waals surface area contributed by atoms with E-state index >= 15 is 0 Å². The van der Waals surface area contributed by atoms with E-state index in [0.717, 1.165) is 5.56 Å². The van der Waals surface area contributed by atoms with Crippen molar-refractivity contribution in [2.45, 2.75) is 90.4 Å². The number of carbonyl (C=O) groups excluding carboxylic acids is 3. The van der Waals surface area contributed by atoms with E-state index in [1.165, 1.54) is 0 Å². The first-order valence-corrected chi connectivity index (χ1v) is 13.1. The summed E-state index contributed by atoms with van der Waals surface area (Å²) in [7, 11) is 0. The average Bonchev–Trinajstić information content (AvgIpc) is 2.82. The number of benzene rings is 1. The molecule has 0 aliphatic heterocycles. The molecule has 208 valence electrons. The summed E-state index contributed by atoms with van der Waals surface area (Å²) in [6.45, 7) is 8.19. The highest BCUT2D eigenvalue weighted by Gasteiger charge is 2.31. The number of carbonyl (C=O) groups is 4. The highest BCUT2D eigenvalue weighted by Crippen LogP contribution is 2.10. The largest absolute Gasteiger partial charge is 0.480 e. The summed E-state index contributed by atoms with van der Waals surface area (Å²) in [5.74, 6) is -2.42. The predicted molar refractivity (Wildman–Crippen MR) is 143 cm³/mol. The van der Waals surface area contributed by atoms with Gasteiger partial charge in [-0.2, -0.15) is 0 Å². The molecule has 0 bridgehead atoms. The van der Waals surface area contributed by atoms with Crippen LogP contribution >= 0.6 is 0 Å². The molecule has 0 saturated carbocycles. The number of aliphatic carboxylic acids is 1. The van der Waals surface area contributed by atoms with Crippen molar-refractivity contribution in [3.63, 3.8) is 0 Å². The number of carboxylic acid groups (broad SMARTS) is 1. The summed E-state index contributed by atoms with van der Waals surface area (Å²) >= 11 is 0. The topological polar surface area (TPSA) is 177 Å². The van der Waals surface area contributed by atoms with Gasteiger partial charge in [0.25, 0.3) is 0 Å². The van der Waals surface area contributed by atoms with Gasteiger partial charge in [-0.1, -0.05) is 58.0 Å². The Kier molecular flexibility index (Phi) is 14.5. The van der Waals surface area contributed by atoms with Gasteiger partial charge in [0.2, 0.25) is 17.7 Å². The maximum Gasteiger partial charge on any atom is 0.326 e. The van der Waals surface area contributed by atoms with Crippen LogP contribution in [0.4, 0.5) is 0 Å². The van der Waals surface area contributed by atoms with Gasteiger partial charge in [0, 0.05) is 6.42 Å². The van der Waals surface area contributed by atoms with Crippen LogP contribution in [0.5, 0.6) is 0 Å². The van der Waals surface area contributed by atoms with Crippen molar-refractivity contribution in [2.24, 2.45) is 23.3 Å². The van der Waals surface area contributed by atoms with Crippen LogP contribution in [0.1, 0.15) is 65.4 Å². The SMILES string of the molecule is CC(C)CC(N)C(=O)NC(CC(C)C)C(=O)NC(Cc1ccccc1)C(=O)NC(CCCCN)C(=O)O. The minimum absolute atomic E-state index is 0.0812. The standard InChI is InChI=1S/C27H45N5O5/c1-17(2)14-20(29)24(33)31-22(15-18(3)4)25(34)32-23(16-19-10-6-5-7-11-19)26(35)30-21(27(36)37)12-8-9-13-28/h5-7,10-11,17-18,20-23H,8-9,12-16,28-29H2,1-4H3,(H,30,35)(H,31,33)(H,32,34)(H,36,37). The highest BCUT2D eigenvalue weighted by atomic mass is 16.4. The third-order valence-corrected chi connectivity index (χ3v) is 5.88. The lowest BCUT2D eigenvalue weighted by molar-refractivity contribution is -0.142. The molecule has 4 unspecified atom stereocenters. The van der Waals surface area contributed by atoms with E-state index in [2.05, 4.69) is 16.0 Å². The van der Waals surface area contributed by atoms with Crippen LogP contribution in [-0.2, 0) is 25.6 Å². The van der Waals surface area contributed by atoms with Gasteiger partial charge in [-0.15, -0.1) is 0 Å². The Morgan fingerprint density at radius 1 is 0.784 bits per heavy atom. The fourth-order valence-corrected chi connectivity index (χ4v) is 3.95. The first-order chi connectivity index (χ1) is 17.4. The summed E-state index contributed by atoms with van der Waals surface area (Å²) in [6, 6.07) is 5.32. The molecule has 0 saturated heterocycles. The summed E-state index contributed by atoms with van der Waals surface area (Å²) in [5.41, 5.74) is 12.3. The molecule has 10 heteroatoms. The van der Waals surface area contributed by atoms with Crippen LogP contribution in [0.3, 0.4) is 0 Å². The zero-order chi connectivity index (χ0) is 28.0. The van der Waals surface area contributed by atoms with Crippen LogP contribution in [0.25, 0.3) is 0 Å². The molecule has 8 N–H and O–H groups in total.